The first kappa shape index (κ1) is 22.5. The lowest BCUT2D eigenvalue weighted by atomic mass is 10.1. The largest absolute Gasteiger partial charge is 0.332 e. The van der Waals surface area contributed by atoms with E-state index in [-0.39, 0.29) is 18.4 Å². The number of hydrogen-bond donors (Lipinski definition) is 1. The van der Waals surface area contributed by atoms with Crippen LogP contribution in [0.3, 0.4) is 0 Å². The number of amides is 2. The highest BCUT2D eigenvalue weighted by atomic mass is 32.1. The molecule has 2 aromatic heterocycles. The highest BCUT2D eigenvalue weighted by molar-refractivity contribution is 7.13. The van der Waals surface area contributed by atoms with Crippen molar-refractivity contribution in [3.05, 3.63) is 94.5 Å². The molecule has 2 amide bonds. The SMILES string of the molecule is Cc1cccc(NC(=O)CN(C)C(=O)c2cn(Cc3ccccc3)nc2-c2cccs2)c1C. The minimum absolute atomic E-state index is 0.0556. The molecule has 6 nitrogen and oxygen atoms in total. The Bertz CT molecular complexity index is 1260. The molecular formula is C26H26N4O2S. The van der Waals surface area contributed by atoms with Crippen molar-refractivity contribution in [2.45, 2.75) is 20.4 Å². The molecule has 168 valence electrons. The maximum Gasteiger partial charge on any atom is 0.257 e. The van der Waals surface area contributed by atoms with Gasteiger partial charge in [0.2, 0.25) is 5.91 Å². The average molecular weight is 459 g/mol. The number of likely N-dealkylation sites (N-methyl/N-ethyl adjacent to an activating group) is 1. The standard InChI is InChI=1S/C26H26N4O2S/c1-18-9-7-12-22(19(18)2)27-24(31)17-29(3)26(32)21-16-30(15-20-10-5-4-6-11-20)28-25(21)23-13-8-14-33-23/h4-14,16H,15,17H2,1-3H3,(H,27,31). The number of benzene rings is 2. The second-order valence-corrected chi connectivity index (χ2v) is 8.96. The van der Waals surface area contributed by atoms with E-state index in [0.717, 1.165) is 27.3 Å². The first-order chi connectivity index (χ1) is 15.9. The van der Waals surface area contributed by atoms with Crippen LogP contribution >= 0.6 is 11.3 Å². The maximum atomic E-state index is 13.3. The van der Waals surface area contributed by atoms with Gasteiger partial charge in [-0.15, -0.1) is 11.3 Å². The molecule has 1 N–H and O–H groups in total. The molecule has 0 aliphatic rings. The third kappa shape index (κ3) is 5.21. The topological polar surface area (TPSA) is 67.2 Å². The van der Waals surface area contributed by atoms with Crippen LogP contribution < -0.4 is 5.32 Å². The second kappa shape index (κ2) is 9.83. The zero-order chi connectivity index (χ0) is 23.4. The molecule has 0 fully saturated rings. The van der Waals surface area contributed by atoms with Gasteiger partial charge in [-0.3, -0.25) is 14.3 Å². The number of aromatic nitrogens is 2. The van der Waals surface area contributed by atoms with Crippen molar-refractivity contribution < 1.29 is 9.59 Å². The van der Waals surface area contributed by atoms with Gasteiger partial charge >= 0.3 is 0 Å². The van der Waals surface area contributed by atoms with Crippen LogP contribution in [0.5, 0.6) is 0 Å². The van der Waals surface area contributed by atoms with Crippen molar-refractivity contribution in [1.82, 2.24) is 14.7 Å². The number of carbonyl (C=O) groups excluding carboxylic acids is 2. The van der Waals surface area contributed by atoms with E-state index in [1.807, 2.05) is 79.9 Å². The Labute approximate surface area is 197 Å². The predicted octanol–water partition coefficient (Wildman–Crippen LogP) is 4.99. The van der Waals surface area contributed by atoms with Crippen LogP contribution in [0, 0.1) is 13.8 Å². The lowest BCUT2D eigenvalue weighted by Crippen LogP contribution is -2.35. The second-order valence-electron chi connectivity index (χ2n) is 8.01. The minimum Gasteiger partial charge on any atom is -0.332 e. The van der Waals surface area contributed by atoms with Gasteiger partial charge in [-0.1, -0.05) is 48.5 Å². The van der Waals surface area contributed by atoms with Crippen LogP contribution in [0.1, 0.15) is 27.0 Å². The highest BCUT2D eigenvalue weighted by Gasteiger charge is 2.23. The van der Waals surface area contributed by atoms with Gasteiger partial charge in [-0.25, -0.2) is 0 Å². The summed E-state index contributed by atoms with van der Waals surface area (Å²) in [6.07, 6.45) is 1.77. The third-order valence-corrected chi connectivity index (χ3v) is 6.42. The summed E-state index contributed by atoms with van der Waals surface area (Å²) in [5, 5.41) is 9.57. The van der Waals surface area contributed by atoms with E-state index in [1.165, 1.54) is 16.2 Å². The molecule has 4 rings (SSSR count). The van der Waals surface area contributed by atoms with E-state index in [1.54, 1.807) is 17.9 Å². The van der Waals surface area contributed by atoms with Gasteiger partial charge in [0.15, 0.2) is 0 Å². The van der Waals surface area contributed by atoms with E-state index < -0.39 is 0 Å². The van der Waals surface area contributed by atoms with Crippen molar-refractivity contribution in [1.29, 1.82) is 0 Å². The summed E-state index contributed by atoms with van der Waals surface area (Å²) >= 11 is 1.53. The third-order valence-electron chi connectivity index (χ3n) is 5.54. The minimum atomic E-state index is -0.242. The summed E-state index contributed by atoms with van der Waals surface area (Å²) in [5.41, 5.74) is 5.09. The number of carbonyl (C=O) groups is 2. The van der Waals surface area contributed by atoms with Crippen molar-refractivity contribution in [2.75, 3.05) is 18.9 Å². The summed E-state index contributed by atoms with van der Waals surface area (Å²) in [7, 11) is 1.64. The quantitative estimate of drug-likeness (QED) is 0.424. The fraction of sp³-hybridized carbons (Fsp3) is 0.192. The van der Waals surface area contributed by atoms with Gasteiger partial charge in [0.1, 0.15) is 5.69 Å². The van der Waals surface area contributed by atoms with Crippen LogP contribution in [0.2, 0.25) is 0 Å². The van der Waals surface area contributed by atoms with Crippen molar-refractivity contribution in [3.63, 3.8) is 0 Å². The highest BCUT2D eigenvalue weighted by Crippen LogP contribution is 2.28. The normalized spacial score (nSPS) is 10.8. The number of aryl methyl sites for hydroxylation is 1. The molecule has 0 radical (unpaired) electrons. The van der Waals surface area contributed by atoms with E-state index in [0.29, 0.717) is 17.8 Å². The van der Waals surface area contributed by atoms with Crippen LogP contribution in [0.15, 0.2) is 72.2 Å². The number of nitrogens with one attached hydrogen (secondary N) is 1. The van der Waals surface area contributed by atoms with Crippen LogP contribution in [-0.2, 0) is 11.3 Å². The van der Waals surface area contributed by atoms with E-state index in [4.69, 9.17) is 5.10 Å². The number of rotatable bonds is 7. The fourth-order valence-corrected chi connectivity index (χ4v) is 4.32. The monoisotopic (exact) mass is 458 g/mol. The molecular weight excluding hydrogens is 432 g/mol. The zero-order valence-electron chi connectivity index (χ0n) is 18.9. The molecule has 0 aliphatic carbocycles. The summed E-state index contributed by atoms with van der Waals surface area (Å²) in [6.45, 7) is 4.47. The summed E-state index contributed by atoms with van der Waals surface area (Å²) in [4.78, 5) is 28.3. The molecule has 0 saturated carbocycles. The van der Waals surface area contributed by atoms with Gasteiger partial charge in [0, 0.05) is 18.9 Å². The number of hydrogen-bond acceptors (Lipinski definition) is 4. The van der Waals surface area contributed by atoms with E-state index in [2.05, 4.69) is 5.32 Å². The lowest BCUT2D eigenvalue weighted by Gasteiger charge is -2.17. The van der Waals surface area contributed by atoms with Gasteiger partial charge < -0.3 is 10.2 Å². The van der Waals surface area contributed by atoms with Crippen LogP contribution in [0.25, 0.3) is 10.6 Å². The smallest absolute Gasteiger partial charge is 0.257 e. The summed E-state index contributed by atoms with van der Waals surface area (Å²) < 4.78 is 1.78. The number of anilines is 1. The molecule has 4 aromatic rings. The zero-order valence-corrected chi connectivity index (χ0v) is 19.7. The number of nitrogens with zero attached hydrogens (tertiary/aromatic N) is 3. The molecule has 2 heterocycles. The Hall–Kier alpha value is -3.71. The molecule has 2 aromatic carbocycles. The van der Waals surface area contributed by atoms with Crippen molar-refractivity contribution >= 4 is 28.8 Å². The van der Waals surface area contributed by atoms with Gasteiger partial charge in [0.25, 0.3) is 5.91 Å². The summed E-state index contributed by atoms with van der Waals surface area (Å²) in [5.74, 6) is -0.484. The molecule has 0 bridgehead atoms. The Morgan fingerprint density at radius 3 is 2.55 bits per heavy atom. The molecule has 0 aliphatic heterocycles. The molecule has 0 unspecified atom stereocenters. The molecule has 0 atom stereocenters. The first-order valence-electron chi connectivity index (χ1n) is 10.7. The first-order valence-corrected chi connectivity index (χ1v) is 11.6. The molecule has 33 heavy (non-hydrogen) atoms. The van der Waals surface area contributed by atoms with Crippen molar-refractivity contribution in [2.24, 2.45) is 0 Å². The molecule has 0 saturated heterocycles. The molecule has 0 spiro atoms. The van der Waals surface area contributed by atoms with Crippen molar-refractivity contribution in [3.8, 4) is 10.6 Å². The summed E-state index contributed by atoms with van der Waals surface area (Å²) in [6, 6.07) is 19.6. The fourth-order valence-electron chi connectivity index (χ4n) is 3.59. The van der Waals surface area contributed by atoms with Crippen LogP contribution in [-0.4, -0.2) is 40.1 Å². The van der Waals surface area contributed by atoms with E-state index in [9.17, 15) is 9.59 Å². The molecule has 7 heteroatoms. The Balaban J connectivity index is 1.53. The average Bonchev–Trinajstić information content (AvgIpc) is 3.47. The van der Waals surface area contributed by atoms with E-state index >= 15 is 0 Å². The Kier molecular flexibility index (Phi) is 6.70. The predicted molar refractivity (Wildman–Crippen MR) is 133 cm³/mol. The number of thiophene rings is 1. The van der Waals surface area contributed by atoms with Crippen LogP contribution in [0.4, 0.5) is 5.69 Å². The van der Waals surface area contributed by atoms with Gasteiger partial charge in [0.05, 0.1) is 23.5 Å². The van der Waals surface area contributed by atoms with Gasteiger partial charge in [-0.05, 0) is 48.1 Å². The Morgan fingerprint density at radius 1 is 1.03 bits per heavy atom. The lowest BCUT2D eigenvalue weighted by molar-refractivity contribution is -0.116. The Morgan fingerprint density at radius 2 is 1.82 bits per heavy atom. The van der Waals surface area contributed by atoms with Gasteiger partial charge in [-0.2, -0.15) is 5.10 Å². The maximum absolute atomic E-state index is 13.3.